The lowest BCUT2D eigenvalue weighted by atomic mass is 9.97. The summed E-state index contributed by atoms with van der Waals surface area (Å²) in [5.74, 6) is 2.39. The fraction of sp³-hybridized carbons (Fsp3) is 0.500. The van der Waals surface area contributed by atoms with Gasteiger partial charge in [0.2, 0.25) is 0 Å². The Balaban J connectivity index is 1.41. The van der Waals surface area contributed by atoms with Crippen LogP contribution in [0.2, 0.25) is 0 Å². The second-order valence-electron chi connectivity index (χ2n) is 8.06. The summed E-state index contributed by atoms with van der Waals surface area (Å²) in [6.45, 7) is 4.13. The lowest BCUT2D eigenvalue weighted by Crippen LogP contribution is -2.37. The van der Waals surface area contributed by atoms with Crippen LogP contribution in [0.15, 0.2) is 24.5 Å². The summed E-state index contributed by atoms with van der Waals surface area (Å²) in [6, 6.07) is 3.96. The van der Waals surface area contributed by atoms with Crippen molar-refractivity contribution in [2.45, 2.75) is 32.1 Å². The van der Waals surface area contributed by atoms with Gasteiger partial charge in [0.1, 0.15) is 10.6 Å². The van der Waals surface area contributed by atoms with Gasteiger partial charge in [0.15, 0.2) is 5.82 Å². The van der Waals surface area contributed by atoms with Crippen LogP contribution in [0.25, 0.3) is 21.6 Å². The van der Waals surface area contributed by atoms with Crippen LogP contribution in [0, 0.1) is 5.92 Å². The van der Waals surface area contributed by atoms with Gasteiger partial charge in [-0.15, -0.1) is 11.3 Å². The van der Waals surface area contributed by atoms with E-state index in [-0.39, 0.29) is 6.61 Å². The third-order valence-electron chi connectivity index (χ3n) is 6.17. The van der Waals surface area contributed by atoms with Crippen LogP contribution in [0.1, 0.15) is 29.7 Å². The highest BCUT2D eigenvalue weighted by molar-refractivity contribution is 7.19. The molecule has 0 aromatic carbocycles. The molecule has 3 aromatic rings. The second kappa shape index (κ2) is 8.34. The van der Waals surface area contributed by atoms with E-state index < -0.39 is 0 Å². The Hall–Kier alpha value is -2.09. The number of anilines is 1. The predicted molar refractivity (Wildman–Crippen MR) is 117 cm³/mol. The van der Waals surface area contributed by atoms with Crippen molar-refractivity contribution in [1.29, 1.82) is 0 Å². The van der Waals surface area contributed by atoms with Crippen molar-refractivity contribution in [2.75, 3.05) is 38.1 Å². The lowest BCUT2D eigenvalue weighted by Gasteiger charge is -2.31. The molecule has 0 atom stereocenters. The highest BCUT2D eigenvalue weighted by Crippen LogP contribution is 2.40. The maximum absolute atomic E-state index is 9.14. The van der Waals surface area contributed by atoms with Crippen LogP contribution >= 0.6 is 11.3 Å². The molecule has 1 fully saturated rings. The summed E-state index contributed by atoms with van der Waals surface area (Å²) in [4.78, 5) is 19.0. The maximum atomic E-state index is 9.14. The predicted octanol–water partition coefficient (Wildman–Crippen LogP) is 3.36. The first kappa shape index (κ1) is 18.9. The zero-order valence-electron chi connectivity index (χ0n) is 16.6. The summed E-state index contributed by atoms with van der Waals surface area (Å²) in [5, 5.41) is 14.1. The van der Waals surface area contributed by atoms with Crippen molar-refractivity contribution >= 4 is 27.4 Å². The van der Waals surface area contributed by atoms with E-state index in [1.165, 1.54) is 41.5 Å². The molecule has 152 valence electrons. The molecule has 7 heteroatoms. The minimum absolute atomic E-state index is 0.252. The standard InChI is InChI=1S/C22H27N5OS/c28-12-11-27-9-6-15(7-10-27)13-24-21-19-17-4-1-5-18(17)29-22(19)26-20(25-21)16-3-2-8-23-14-16/h2-3,8,14-15,28H,1,4-7,9-13H2,(H,24,25,26). The average molecular weight is 410 g/mol. The zero-order chi connectivity index (χ0) is 19.6. The number of thiophene rings is 1. The number of aliphatic hydroxyl groups is 1. The van der Waals surface area contributed by atoms with E-state index in [1.54, 1.807) is 6.20 Å². The minimum atomic E-state index is 0.252. The van der Waals surface area contributed by atoms with Crippen LogP contribution in [0.3, 0.4) is 0 Å². The number of aryl methyl sites for hydroxylation is 2. The number of aromatic nitrogens is 3. The Morgan fingerprint density at radius 1 is 1.21 bits per heavy atom. The molecule has 2 N–H and O–H groups in total. The Labute approximate surface area is 175 Å². The fourth-order valence-corrected chi connectivity index (χ4v) is 5.81. The molecular formula is C22H27N5OS. The molecule has 1 aliphatic heterocycles. The highest BCUT2D eigenvalue weighted by Gasteiger charge is 2.24. The molecule has 0 radical (unpaired) electrons. The summed E-state index contributed by atoms with van der Waals surface area (Å²) in [6.07, 6.45) is 9.49. The first-order valence-corrected chi connectivity index (χ1v) is 11.4. The van der Waals surface area contributed by atoms with E-state index in [2.05, 4.69) is 15.2 Å². The van der Waals surface area contributed by atoms with Crippen molar-refractivity contribution < 1.29 is 5.11 Å². The molecule has 0 spiro atoms. The molecule has 1 saturated heterocycles. The molecule has 3 aromatic heterocycles. The first-order valence-electron chi connectivity index (χ1n) is 10.6. The first-order chi connectivity index (χ1) is 14.3. The number of likely N-dealkylation sites (tertiary alicyclic amines) is 1. The number of nitrogens with one attached hydrogen (secondary N) is 1. The van der Waals surface area contributed by atoms with E-state index in [4.69, 9.17) is 15.1 Å². The molecule has 0 unspecified atom stereocenters. The van der Waals surface area contributed by atoms with Gasteiger partial charge in [-0.05, 0) is 68.8 Å². The summed E-state index contributed by atoms with van der Waals surface area (Å²) in [5.41, 5.74) is 2.42. The van der Waals surface area contributed by atoms with Gasteiger partial charge in [0, 0.05) is 35.9 Å². The number of rotatable bonds is 6. The Bertz CT molecular complexity index is 982. The topological polar surface area (TPSA) is 74.2 Å². The third-order valence-corrected chi connectivity index (χ3v) is 7.35. The van der Waals surface area contributed by atoms with Crippen LogP contribution in [-0.4, -0.2) is 57.7 Å². The normalized spacial score (nSPS) is 17.7. The summed E-state index contributed by atoms with van der Waals surface area (Å²) < 4.78 is 0. The Morgan fingerprint density at radius 2 is 2.10 bits per heavy atom. The van der Waals surface area contributed by atoms with E-state index in [0.717, 1.165) is 54.6 Å². The van der Waals surface area contributed by atoms with Gasteiger partial charge < -0.3 is 15.3 Å². The number of nitrogens with zero attached hydrogens (tertiary/aromatic N) is 4. The van der Waals surface area contributed by atoms with Crippen LogP contribution in [0.5, 0.6) is 0 Å². The van der Waals surface area contributed by atoms with Crippen molar-refractivity contribution in [3.05, 3.63) is 35.0 Å². The van der Waals surface area contributed by atoms with Crippen LogP contribution in [0.4, 0.5) is 5.82 Å². The SMILES string of the molecule is OCCN1CCC(CNc2nc(-c3cccnc3)nc3sc4c(c23)CCC4)CC1. The van der Waals surface area contributed by atoms with E-state index in [0.29, 0.717) is 5.92 Å². The summed E-state index contributed by atoms with van der Waals surface area (Å²) >= 11 is 1.83. The highest BCUT2D eigenvalue weighted by atomic mass is 32.1. The second-order valence-corrected chi connectivity index (χ2v) is 9.15. The van der Waals surface area contributed by atoms with E-state index in [1.807, 2.05) is 29.7 Å². The van der Waals surface area contributed by atoms with E-state index >= 15 is 0 Å². The molecule has 5 rings (SSSR count). The molecule has 4 heterocycles. The minimum Gasteiger partial charge on any atom is -0.395 e. The number of hydrogen-bond donors (Lipinski definition) is 2. The van der Waals surface area contributed by atoms with Crippen molar-refractivity contribution in [2.24, 2.45) is 5.92 Å². The van der Waals surface area contributed by atoms with Crippen molar-refractivity contribution in [3.8, 4) is 11.4 Å². The number of hydrogen-bond acceptors (Lipinski definition) is 7. The molecule has 6 nitrogen and oxygen atoms in total. The molecule has 0 amide bonds. The Kier molecular flexibility index (Phi) is 5.44. The number of piperidine rings is 1. The molecule has 29 heavy (non-hydrogen) atoms. The van der Waals surface area contributed by atoms with Gasteiger partial charge in [0.25, 0.3) is 0 Å². The van der Waals surface area contributed by atoms with E-state index in [9.17, 15) is 0 Å². The van der Waals surface area contributed by atoms with Gasteiger partial charge in [-0.3, -0.25) is 4.98 Å². The molecular weight excluding hydrogens is 382 g/mol. The quantitative estimate of drug-likeness (QED) is 0.650. The number of β-amino-alcohol motifs (C(OH)–C–C–N with tert-alkyl or cyclic N) is 1. The van der Waals surface area contributed by atoms with Gasteiger partial charge in [-0.25, -0.2) is 9.97 Å². The van der Waals surface area contributed by atoms with Gasteiger partial charge in [-0.2, -0.15) is 0 Å². The fourth-order valence-electron chi connectivity index (χ4n) is 4.54. The van der Waals surface area contributed by atoms with Gasteiger partial charge in [0.05, 0.1) is 12.0 Å². The number of fused-ring (bicyclic) bond motifs is 3. The van der Waals surface area contributed by atoms with Crippen LogP contribution < -0.4 is 5.32 Å². The number of aliphatic hydroxyl groups excluding tert-OH is 1. The zero-order valence-corrected chi connectivity index (χ0v) is 17.4. The Morgan fingerprint density at radius 3 is 2.90 bits per heavy atom. The number of pyridine rings is 1. The van der Waals surface area contributed by atoms with Gasteiger partial charge >= 0.3 is 0 Å². The van der Waals surface area contributed by atoms with Gasteiger partial charge in [-0.1, -0.05) is 0 Å². The molecule has 0 saturated carbocycles. The molecule has 1 aliphatic carbocycles. The van der Waals surface area contributed by atoms with Crippen molar-refractivity contribution in [3.63, 3.8) is 0 Å². The lowest BCUT2D eigenvalue weighted by molar-refractivity contribution is 0.151. The van der Waals surface area contributed by atoms with Crippen molar-refractivity contribution in [1.82, 2.24) is 19.9 Å². The third kappa shape index (κ3) is 3.86. The smallest absolute Gasteiger partial charge is 0.164 e. The largest absolute Gasteiger partial charge is 0.395 e. The molecule has 2 aliphatic rings. The summed E-state index contributed by atoms with van der Waals surface area (Å²) in [7, 11) is 0. The maximum Gasteiger partial charge on any atom is 0.164 e. The monoisotopic (exact) mass is 409 g/mol. The van der Waals surface area contributed by atoms with Crippen LogP contribution in [-0.2, 0) is 12.8 Å². The average Bonchev–Trinajstić information content (AvgIpc) is 3.35. The molecule has 0 bridgehead atoms.